The van der Waals surface area contributed by atoms with Crippen molar-refractivity contribution >= 4 is 11.7 Å². The topological polar surface area (TPSA) is 89.7 Å². The van der Waals surface area contributed by atoms with Crippen LogP contribution in [-0.2, 0) is 6.54 Å². The van der Waals surface area contributed by atoms with Crippen LogP contribution in [0.1, 0.15) is 38.0 Å². The average molecular weight is 437 g/mol. The first-order valence-corrected chi connectivity index (χ1v) is 10.9. The third-order valence-corrected chi connectivity index (χ3v) is 5.75. The van der Waals surface area contributed by atoms with E-state index in [4.69, 9.17) is 14.0 Å². The summed E-state index contributed by atoms with van der Waals surface area (Å²) < 4.78 is 16.1. The summed E-state index contributed by atoms with van der Waals surface area (Å²) in [7, 11) is 3.21. The highest BCUT2D eigenvalue weighted by Crippen LogP contribution is 2.28. The van der Waals surface area contributed by atoms with Crippen LogP contribution in [0.2, 0.25) is 0 Å². The number of urea groups is 1. The third-order valence-electron chi connectivity index (χ3n) is 5.75. The highest BCUT2D eigenvalue weighted by Gasteiger charge is 2.28. The highest BCUT2D eigenvalue weighted by atomic mass is 16.5. The molecule has 0 aliphatic heterocycles. The van der Waals surface area contributed by atoms with Crippen LogP contribution in [0.25, 0.3) is 11.4 Å². The van der Waals surface area contributed by atoms with Gasteiger partial charge in [0, 0.05) is 11.6 Å². The Labute approximate surface area is 187 Å². The Balaban J connectivity index is 1.53. The lowest BCUT2D eigenvalue weighted by molar-refractivity contribution is 0.151. The first-order valence-electron chi connectivity index (χ1n) is 10.9. The van der Waals surface area contributed by atoms with Crippen molar-refractivity contribution in [2.24, 2.45) is 0 Å². The van der Waals surface area contributed by atoms with Crippen molar-refractivity contribution in [1.29, 1.82) is 0 Å². The third kappa shape index (κ3) is 5.01. The number of hydrogen-bond acceptors (Lipinski definition) is 6. The molecule has 2 aromatic carbocycles. The Morgan fingerprint density at radius 2 is 1.81 bits per heavy atom. The lowest BCUT2D eigenvalue weighted by Crippen LogP contribution is -2.43. The second kappa shape index (κ2) is 10.2. The second-order valence-electron chi connectivity index (χ2n) is 7.79. The van der Waals surface area contributed by atoms with E-state index in [0.29, 0.717) is 23.2 Å². The molecular formula is C24H28N4O4. The largest absolute Gasteiger partial charge is 0.497 e. The van der Waals surface area contributed by atoms with Crippen LogP contribution in [0.4, 0.5) is 10.5 Å². The van der Waals surface area contributed by atoms with Gasteiger partial charge in [0.2, 0.25) is 11.7 Å². The Hall–Kier alpha value is -3.55. The number of carbonyl (C=O) groups is 1. The first-order chi connectivity index (χ1) is 15.7. The number of ether oxygens (including phenoxy) is 2. The molecule has 1 heterocycles. The van der Waals surface area contributed by atoms with Gasteiger partial charge in [0.25, 0.3) is 0 Å². The van der Waals surface area contributed by atoms with Gasteiger partial charge in [0.1, 0.15) is 18.0 Å². The van der Waals surface area contributed by atoms with E-state index in [9.17, 15) is 4.79 Å². The van der Waals surface area contributed by atoms with Crippen molar-refractivity contribution in [3.63, 3.8) is 0 Å². The van der Waals surface area contributed by atoms with E-state index in [1.165, 1.54) is 6.42 Å². The second-order valence-corrected chi connectivity index (χ2v) is 7.79. The van der Waals surface area contributed by atoms with Gasteiger partial charge >= 0.3 is 6.03 Å². The minimum Gasteiger partial charge on any atom is -0.497 e. The number of aromatic nitrogens is 2. The lowest BCUT2D eigenvalue weighted by atomic mass is 9.94. The molecule has 1 N–H and O–H groups in total. The summed E-state index contributed by atoms with van der Waals surface area (Å²) in [4.78, 5) is 19.6. The molecule has 8 heteroatoms. The fourth-order valence-electron chi connectivity index (χ4n) is 4.02. The van der Waals surface area contributed by atoms with Gasteiger partial charge in [0.05, 0.1) is 19.9 Å². The van der Waals surface area contributed by atoms with E-state index >= 15 is 0 Å². The molecule has 1 aliphatic carbocycles. The molecule has 1 fully saturated rings. The summed E-state index contributed by atoms with van der Waals surface area (Å²) in [5.41, 5.74) is 1.45. The standard InChI is InChI=1S/C24H28N4O4/c1-30-19-14-12-17(13-15-19)23-26-22(32-27-23)16-28(18-8-4-3-5-9-18)24(29)25-20-10-6-7-11-21(20)31-2/h6-7,10-15,18H,3-5,8-9,16H2,1-2H3,(H,25,29). The molecule has 2 amide bonds. The van der Waals surface area contributed by atoms with Crippen LogP contribution in [-0.4, -0.2) is 41.3 Å². The number of hydrogen-bond donors (Lipinski definition) is 1. The maximum absolute atomic E-state index is 13.3. The minimum absolute atomic E-state index is 0.120. The van der Waals surface area contributed by atoms with Gasteiger partial charge in [-0.2, -0.15) is 4.98 Å². The van der Waals surface area contributed by atoms with Crippen molar-refractivity contribution in [1.82, 2.24) is 15.0 Å². The van der Waals surface area contributed by atoms with E-state index in [-0.39, 0.29) is 18.6 Å². The predicted molar refractivity (Wildman–Crippen MR) is 121 cm³/mol. The summed E-state index contributed by atoms with van der Waals surface area (Å²) in [6.45, 7) is 0.245. The Morgan fingerprint density at radius 3 is 2.53 bits per heavy atom. The number of para-hydroxylation sites is 2. The molecule has 0 spiro atoms. The zero-order chi connectivity index (χ0) is 22.3. The summed E-state index contributed by atoms with van der Waals surface area (Å²) in [5.74, 6) is 2.26. The number of amides is 2. The summed E-state index contributed by atoms with van der Waals surface area (Å²) >= 11 is 0. The van der Waals surface area contributed by atoms with Gasteiger partial charge in [-0.15, -0.1) is 0 Å². The Bertz CT molecular complexity index is 1030. The Morgan fingerprint density at radius 1 is 1.06 bits per heavy atom. The zero-order valence-electron chi connectivity index (χ0n) is 18.4. The quantitative estimate of drug-likeness (QED) is 0.553. The monoisotopic (exact) mass is 436 g/mol. The van der Waals surface area contributed by atoms with Crippen LogP contribution in [0.15, 0.2) is 53.1 Å². The molecule has 8 nitrogen and oxygen atoms in total. The molecule has 168 valence electrons. The van der Waals surface area contributed by atoms with Crippen molar-refractivity contribution < 1.29 is 18.8 Å². The van der Waals surface area contributed by atoms with Crippen molar-refractivity contribution in [3.05, 3.63) is 54.4 Å². The number of benzene rings is 2. The Kier molecular flexibility index (Phi) is 6.89. The molecule has 32 heavy (non-hydrogen) atoms. The molecule has 0 unspecified atom stereocenters. The molecule has 4 rings (SSSR count). The maximum Gasteiger partial charge on any atom is 0.322 e. The molecule has 1 aliphatic rings. The molecule has 1 saturated carbocycles. The van der Waals surface area contributed by atoms with Gasteiger partial charge in [-0.25, -0.2) is 4.79 Å². The maximum atomic E-state index is 13.3. The van der Waals surface area contributed by atoms with Crippen LogP contribution in [0.5, 0.6) is 11.5 Å². The van der Waals surface area contributed by atoms with Crippen molar-refractivity contribution in [3.8, 4) is 22.9 Å². The van der Waals surface area contributed by atoms with Crippen molar-refractivity contribution in [2.45, 2.75) is 44.7 Å². The minimum atomic E-state index is -0.203. The van der Waals surface area contributed by atoms with E-state index < -0.39 is 0 Å². The predicted octanol–water partition coefficient (Wildman–Crippen LogP) is 5.12. The van der Waals surface area contributed by atoms with E-state index in [1.807, 2.05) is 48.5 Å². The summed E-state index contributed by atoms with van der Waals surface area (Å²) in [5, 5.41) is 7.09. The number of nitrogens with zero attached hydrogens (tertiary/aromatic N) is 3. The van der Waals surface area contributed by atoms with Gasteiger partial charge < -0.3 is 24.2 Å². The fourth-order valence-corrected chi connectivity index (χ4v) is 4.02. The van der Waals surface area contributed by atoms with Gasteiger partial charge in [-0.1, -0.05) is 36.6 Å². The van der Waals surface area contributed by atoms with Crippen LogP contribution >= 0.6 is 0 Å². The lowest BCUT2D eigenvalue weighted by Gasteiger charge is -2.33. The molecule has 0 atom stereocenters. The molecule has 3 aromatic rings. The van der Waals surface area contributed by atoms with Gasteiger partial charge in [-0.3, -0.25) is 0 Å². The number of anilines is 1. The number of nitrogens with one attached hydrogen (secondary N) is 1. The first kappa shape index (κ1) is 21.7. The van der Waals surface area contributed by atoms with Crippen LogP contribution < -0.4 is 14.8 Å². The van der Waals surface area contributed by atoms with E-state index in [0.717, 1.165) is 37.0 Å². The number of carbonyl (C=O) groups excluding carboxylic acids is 1. The summed E-state index contributed by atoms with van der Waals surface area (Å²) in [6.07, 6.45) is 5.31. The molecular weight excluding hydrogens is 408 g/mol. The van der Waals surface area contributed by atoms with Crippen molar-refractivity contribution in [2.75, 3.05) is 19.5 Å². The SMILES string of the molecule is COc1ccc(-c2noc(CN(C(=O)Nc3ccccc3OC)C3CCCCC3)n2)cc1. The van der Waals surface area contributed by atoms with Gasteiger partial charge in [-0.05, 0) is 49.2 Å². The van der Waals surface area contributed by atoms with E-state index in [2.05, 4.69) is 15.5 Å². The zero-order valence-corrected chi connectivity index (χ0v) is 18.4. The summed E-state index contributed by atoms with van der Waals surface area (Å²) in [6, 6.07) is 14.7. The number of methoxy groups -OCH3 is 2. The molecule has 0 saturated heterocycles. The highest BCUT2D eigenvalue weighted by molar-refractivity contribution is 5.91. The molecule has 0 bridgehead atoms. The van der Waals surface area contributed by atoms with Crippen LogP contribution in [0, 0.1) is 0 Å². The normalized spacial score (nSPS) is 14.1. The van der Waals surface area contributed by atoms with Gasteiger partial charge in [0.15, 0.2) is 0 Å². The average Bonchev–Trinajstić information content (AvgIpc) is 3.32. The smallest absolute Gasteiger partial charge is 0.322 e. The molecule has 0 radical (unpaired) electrons. The van der Waals surface area contributed by atoms with E-state index in [1.54, 1.807) is 19.1 Å². The van der Waals surface area contributed by atoms with Crippen LogP contribution in [0.3, 0.4) is 0 Å². The number of rotatable bonds is 7. The fraction of sp³-hybridized carbons (Fsp3) is 0.375. The molecule has 1 aromatic heterocycles.